The van der Waals surface area contributed by atoms with E-state index in [1.807, 2.05) is 26.8 Å². The van der Waals surface area contributed by atoms with Crippen molar-refractivity contribution in [2.24, 2.45) is 0 Å². The lowest BCUT2D eigenvalue weighted by Crippen LogP contribution is -2.41. The normalized spacial score (nSPS) is 15.1. The maximum absolute atomic E-state index is 14.6. The average Bonchev–Trinajstić information content (AvgIpc) is 3.12. The minimum atomic E-state index is -1.25. The average molecular weight is 519 g/mol. The lowest BCUT2D eigenvalue weighted by Gasteiger charge is -2.33. The molecule has 1 saturated heterocycles. The highest BCUT2D eigenvalue weighted by Gasteiger charge is 2.30. The quantitative estimate of drug-likeness (QED) is 0.515. The van der Waals surface area contributed by atoms with Crippen LogP contribution in [-0.2, 0) is 4.74 Å². The summed E-state index contributed by atoms with van der Waals surface area (Å²) in [7, 11) is 0. The third kappa shape index (κ3) is 4.71. The molecule has 1 amide bonds. The summed E-state index contributed by atoms with van der Waals surface area (Å²) in [4.78, 5) is 30.4. The van der Waals surface area contributed by atoms with Crippen molar-refractivity contribution >= 4 is 39.0 Å². The number of amides is 1. The Morgan fingerprint density at radius 3 is 2.48 bits per heavy atom. The molecule has 1 fully saturated rings. The van der Waals surface area contributed by atoms with Gasteiger partial charge in [-0.25, -0.2) is 18.7 Å². The van der Waals surface area contributed by atoms with Crippen molar-refractivity contribution in [2.45, 2.75) is 45.1 Å². The standard InChI is InChI=1S/C23H24BrFN4O4/c1-23(2,3)33-22(32)28-10-7-13(8-11-28)15-6-9-26-19-18(15)27-29(20(19)21(30)31)17-5-4-14(24)12-16(17)25/h4-6,9,12-13H,7-8,10-11H2,1-3H3,(H,30,31). The molecule has 8 nitrogen and oxygen atoms in total. The van der Waals surface area contributed by atoms with E-state index in [4.69, 9.17) is 4.74 Å². The fourth-order valence-electron chi connectivity index (χ4n) is 4.05. The van der Waals surface area contributed by atoms with Gasteiger partial charge in [-0.3, -0.25) is 4.98 Å². The Morgan fingerprint density at radius 2 is 1.88 bits per heavy atom. The molecule has 0 radical (unpaired) electrons. The molecule has 4 rings (SSSR count). The summed E-state index contributed by atoms with van der Waals surface area (Å²) in [6.45, 7) is 6.51. The first-order valence-corrected chi connectivity index (χ1v) is 11.4. The number of benzene rings is 1. The van der Waals surface area contributed by atoms with Crippen LogP contribution < -0.4 is 0 Å². The van der Waals surface area contributed by atoms with Crippen LogP contribution in [0.2, 0.25) is 0 Å². The van der Waals surface area contributed by atoms with Gasteiger partial charge in [0, 0.05) is 23.8 Å². The number of aromatic nitrogens is 3. The number of ether oxygens (including phenoxy) is 1. The number of hydrogen-bond acceptors (Lipinski definition) is 5. The fourth-order valence-corrected chi connectivity index (χ4v) is 4.38. The van der Waals surface area contributed by atoms with Crippen LogP contribution in [0.1, 0.15) is 55.6 Å². The molecule has 33 heavy (non-hydrogen) atoms. The number of halogens is 2. The topological polar surface area (TPSA) is 97.5 Å². The van der Waals surface area contributed by atoms with Gasteiger partial charge in [0.25, 0.3) is 0 Å². The second kappa shape index (κ2) is 8.74. The van der Waals surface area contributed by atoms with Crippen molar-refractivity contribution in [1.82, 2.24) is 19.7 Å². The van der Waals surface area contributed by atoms with Crippen LogP contribution >= 0.6 is 15.9 Å². The van der Waals surface area contributed by atoms with Crippen molar-refractivity contribution in [2.75, 3.05) is 13.1 Å². The van der Waals surface area contributed by atoms with Crippen LogP contribution in [-0.4, -0.2) is 55.5 Å². The van der Waals surface area contributed by atoms with E-state index in [1.165, 1.54) is 12.1 Å². The van der Waals surface area contributed by atoms with E-state index in [1.54, 1.807) is 17.2 Å². The number of carboxylic acids is 1. The molecule has 3 aromatic rings. The van der Waals surface area contributed by atoms with Gasteiger partial charge in [-0.15, -0.1) is 0 Å². The Labute approximate surface area is 198 Å². The summed E-state index contributed by atoms with van der Waals surface area (Å²) < 4.78 is 21.7. The summed E-state index contributed by atoms with van der Waals surface area (Å²) in [6, 6.07) is 6.17. The monoisotopic (exact) mass is 518 g/mol. The molecule has 3 heterocycles. The number of pyridine rings is 1. The zero-order chi connectivity index (χ0) is 23.9. The van der Waals surface area contributed by atoms with E-state index in [2.05, 4.69) is 26.0 Å². The summed E-state index contributed by atoms with van der Waals surface area (Å²) in [5, 5.41) is 14.3. The molecule has 10 heteroatoms. The number of rotatable bonds is 3. The predicted octanol–water partition coefficient (Wildman–Crippen LogP) is 5.13. The van der Waals surface area contributed by atoms with Crippen LogP contribution in [0.4, 0.5) is 9.18 Å². The van der Waals surface area contributed by atoms with Gasteiger partial charge >= 0.3 is 12.1 Å². The van der Waals surface area contributed by atoms with Crippen LogP contribution in [0.25, 0.3) is 16.7 Å². The highest BCUT2D eigenvalue weighted by Crippen LogP contribution is 2.34. The lowest BCUT2D eigenvalue weighted by atomic mass is 9.89. The Hall–Kier alpha value is -3.01. The van der Waals surface area contributed by atoms with Crippen molar-refractivity contribution in [3.05, 3.63) is 52.0 Å². The molecule has 2 aromatic heterocycles. The summed E-state index contributed by atoms with van der Waals surface area (Å²) in [5.41, 5.74) is 0.735. The molecule has 1 aliphatic heterocycles. The van der Waals surface area contributed by atoms with E-state index in [0.29, 0.717) is 35.9 Å². The van der Waals surface area contributed by atoms with Gasteiger partial charge in [-0.05, 0) is 69.4 Å². The third-order valence-electron chi connectivity index (χ3n) is 5.52. The number of carbonyl (C=O) groups is 2. The number of piperidine rings is 1. The summed E-state index contributed by atoms with van der Waals surface area (Å²) >= 11 is 3.21. The molecule has 0 bridgehead atoms. The number of fused-ring (bicyclic) bond motifs is 1. The van der Waals surface area contributed by atoms with Crippen molar-refractivity contribution in [3.8, 4) is 5.69 Å². The number of carboxylic acid groups (broad SMARTS) is 1. The van der Waals surface area contributed by atoms with Crippen molar-refractivity contribution < 1.29 is 23.8 Å². The molecule has 174 valence electrons. The Kier molecular flexibility index (Phi) is 6.13. The first-order valence-electron chi connectivity index (χ1n) is 10.6. The van der Waals surface area contributed by atoms with Crippen molar-refractivity contribution in [1.29, 1.82) is 0 Å². The van der Waals surface area contributed by atoms with Gasteiger partial charge in [0.15, 0.2) is 5.69 Å². The van der Waals surface area contributed by atoms with Crippen LogP contribution in [0, 0.1) is 5.82 Å². The van der Waals surface area contributed by atoms with E-state index in [9.17, 15) is 19.1 Å². The SMILES string of the molecule is CC(C)(C)OC(=O)N1CCC(c2ccnc3c(C(=O)O)n(-c4ccc(Br)cc4F)nc23)CC1. The van der Waals surface area contributed by atoms with Gasteiger partial charge < -0.3 is 14.7 Å². The van der Waals surface area contributed by atoms with Gasteiger partial charge in [0.2, 0.25) is 0 Å². The first kappa shape index (κ1) is 23.2. The lowest BCUT2D eigenvalue weighted by molar-refractivity contribution is 0.0205. The number of aromatic carboxylic acids is 1. The van der Waals surface area contributed by atoms with Crippen LogP contribution in [0.15, 0.2) is 34.9 Å². The smallest absolute Gasteiger partial charge is 0.410 e. The molecule has 1 aromatic carbocycles. The van der Waals surface area contributed by atoms with E-state index < -0.39 is 17.4 Å². The molecule has 0 atom stereocenters. The fraction of sp³-hybridized carbons (Fsp3) is 0.391. The van der Waals surface area contributed by atoms with Crippen molar-refractivity contribution in [3.63, 3.8) is 0 Å². The largest absolute Gasteiger partial charge is 0.476 e. The second-order valence-electron chi connectivity index (χ2n) is 9.00. The second-order valence-corrected chi connectivity index (χ2v) is 9.92. The summed E-state index contributed by atoms with van der Waals surface area (Å²) in [5.74, 6) is -1.80. The Morgan fingerprint density at radius 1 is 1.18 bits per heavy atom. The minimum absolute atomic E-state index is 0.0271. The van der Waals surface area contributed by atoms with Crippen LogP contribution in [0.3, 0.4) is 0 Å². The van der Waals surface area contributed by atoms with E-state index in [-0.39, 0.29) is 28.9 Å². The summed E-state index contributed by atoms with van der Waals surface area (Å²) in [6.07, 6.45) is 2.54. The van der Waals surface area contributed by atoms with Gasteiger partial charge in [-0.1, -0.05) is 15.9 Å². The predicted molar refractivity (Wildman–Crippen MR) is 123 cm³/mol. The molecular weight excluding hydrogens is 495 g/mol. The van der Waals surface area contributed by atoms with Gasteiger partial charge in [-0.2, -0.15) is 5.10 Å². The molecular formula is C23H24BrFN4O4. The highest BCUT2D eigenvalue weighted by molar-refractivity contribution is 9.10. The Balaban J connectivity index is 1.68. The highest BCUT2D eigenvalue weighted by atomic mass is 79.9. The van der Waals surface area contributed by atoms with Gasteiger partial charge in [0.05, 0.1) is 0 Å². The van der Waals surface area contributed by atoms with E-state index in [0.717, 1.165) is 10.2 Å². The molecule has 1 N–H and O–H groups in total. The molecule has 1 aliphatic rings. The molecule has 0 saturated carbocycles. The van der Waals surface area contributed by atoms with Crippen LogP contribution in [0.5, 0.6) is 0 Å². The number of hydrogen-bond donors (Lipinski definition) is 1. The number of carbonyl (C=O) groups excluding carboxylic acids is 1. The first-order chi connectivity index (χ1) is 15.5. The Bertz CT molecular complexity index is 1230. The maximum atomic E-state index is 14.6. The maximum Gasteiger partial charge on any atom is 0.410 e. The minimum Gasteiger partial charge on any atom is -0.476 e. The number of likely N-dealkylation sites (tertiary alicyclic amines) is 1. The van der Waals surface area contributed by atoms with Gasteiger partial charge in [0.1, 0.15) is 28.1 Å². The molecule has 0 aliphatic carbocycles. The van der Waals surface area contributed by atoms with E-state index >= 15 is 0 Å². The molecule has 0 unspecified atom stereocenters. The molecule has 0 spiro atoms. The zero-order valence-electron chi connectivity index (χ0n) is 18.5. The third-order valence-corrected chi connectivity index (χ3v) is 6.01. The number of nitrogens with zero attached hydrogens (tertiary/aromatic N) is 4. The zero-order valence-corrected chi connectivity index (χ0v) is 20.1.